The second-order valence-electron chi connectivity index (χ2n) is 5.94. The van der Waals surface area contributed by atoms with Gasteiger partial charge in [0.05, 0.1) is 11.6 Å². The Morgan fingerprint density at radius 1 is 1.36 bits per heavy atom. The number of carbonyl (C=O) groups excluding carboxylic acids is 2. The standard InChI is InChI=1S/C18H21N5O2/c1-19-18(25)14-10-13(11-20-12-14)5-6-16(24)23-9-3-2-4-15(23)17-21-7-8-22-17/h5-8,10-12,15H,2-4,9H2,1H3,(H,19,25)(H,21,22)/b6-5+. The summed E-state index contributed by atoms with van der Waals surface area (Å²) in [7, 11) is 1.57. The molecule has 0 spiro atoms. The number of amides is 2. The van der Waals surface area contributed by atoms with Crippen molar-refractivity contribution in [2.45, 2.75) is 25.3 Å². The van der Waals surface area contributed by atoms with Crippen LogP contribution >= 0.6 is 0 Å². The van der Waals surface area contributed by atoms with Crippen LogP contribution in [0, 0.1) is 0 Å². The second-order valence-corrected chi connectivity index (χ2v) is 5.94. The van der Waals surface area contributed by atoms with Crippen LogP contribution in [-0.4, -0.2) is 45.3 Å². The largest absolute Gasteiger partial charge is 0.355 e. The molecular formula is C18H21N5O2. The molecule has 7 heteroatoms. The summed E-state index contributed by atoms with van der Waals surface area (Å²) in [5, 5.41) is 2.56. The number of hydrogen-bond donors (Lipinski definition) is 2. The molecule has 2 aromatic heterocycles. The highest BCUT2D eigenvalue weighted by Crippen LogP contribution is 2.29. The molecule has 0 radical (unpaired) electrons. The minimum Gasteiger partial charge on any atom is -0.355 e. The van der Waals surface area contributed by atoms with E-state index in [1.165, 1.54) is 12.3 Å². The van der Waals surface area contributed by atoms with Crippen molar-refractivity contribution in [1.29, 1.82) is 0 Å². The number of hydrogen-bond acceptors (Lipinski definition) is 4. The van der Waals surface area contributed by atoms with Crippen LogP contribution in [0.3, 0.4) is 0 Å². The quantitative estimate of drug-likeness (QED) is 0.833. The van der Waals surface area contributed by atoms with E-state index in [1.54, 1.807) is 37.8 Å². The maximum absolute atomic E-state index is 12.6. The van der Waals surface area contributed by atoms with Gasteiger partial charge in [0.15, 0.2) is 0 Å². The molecule has 1 atom stereocenters. The van der Waals surface area contributed by atoms with Crippen molar-refractivity contribution in [2.75, 3.05) is 13.6 Å². The van der Waals surface area contributed by atoms with Crippen LogP contribution in [0.2, 0.25) is 0 Å². The zero-order valence-electron chi connectivity index (χ0n) is 14.1. The molecule has 1 unspecified atom stereocenters. The fraction of sp³-hybridized carbons (Fsp3) is 0.333. The normalized spacial score (nSPS) is 17.6. The van der Waals surface area contributed by atoms with Gasteiger partial charge in [0, 0.05) is 44.5 Å². The number of likely N-dealkylation sites (tertiary alicyclic amines) is 1. The SMILES string of the molecule is CNC(=O)c1cncc(/C=C/C(=O)N2CCCCC2c2ncc[nH]2)c1. The van der Waals surface area contributed by atoms with Crippen LogP contribution in [0.25, 0.3) is 6.08 Å². The van der Waals surface area contributed by atoms with E-state index in [1.807, 2.05) is 4.90 Å². The first-order valence-electron chi connectivity index (χ1n) is 8.34. The summed E-state index contributed by atoms with van der Waals surface area (Å²) >= 11 is 0. The molecule has 1 aliphatic rings. The van der Waals surface area contributed by atoms with Crippen LogP contribution in [0.4, 0.5) is 0 Å². The van der Waals surface area contributed by atoms with Gasteiger partial charge in [0.25, 0.3) is 5.91 Å². The Balaban J connectivity index is 1.74. The summed E-state index contributed by atoms with van der Waals surface area (Å²) in [5.41, 5.74) is 1.17. The Morgan fingerprint density at radius 3 is 3.00 bits per heavy atom. The molecule has 0 aromatic carbocycles. The van der Waals surface area contributed by atoms with Gasteiger partial charge in [-0.15, -0.1) is 0 Å². The highest BCUT2D eigenvalue weighted by atomic mass is 16.2. The van der Waals surface area contributed by atoms with Crippen LogP contribution < -0.4 is 5.32 Å². The predicted octanol–water partition coefficient (Wildman–Crippen LogP) is 1.93. The van der Waals surface area contributed by atoms with Crippen molar-refractivity contribution in [3.05, 3.63) is 53.9 Å². The zero-order valence-corrected chi connectivity index (χ0v) is 14.1. The minimum absolute atomic E-state index is 0.0174. The average molecular weight is 339 g/mol. The van der Waals surface area contributed by atoms with E-state index >= 15 is 0 Å². The summed E-state index contributed by atoms with van der Waals surface area (Å²) in [6.07, 6.45) is 12.8. The zero-order chi connectivity index (χ0) is 17.6. The van der Waals surface area contributed by atoms with Gasteiger partial charge >= 0.3 is 0 Å². The van der Waals surface area contributed by atoms with Gasteiger partial charge < -0.3 is 15.2 Å². The molecule has 25 heavy (non-hydrogen) atoms. The number of carbonyl (C=O) groups is 2. The van der Waals surface area contributed by atoms with Gasteiger partial charge in [-0.25, -0.2) is 4.98 Å². The third kappa shape index (κ3) is 3.93. The third-order valence-corrected chi connectivity index (χ3v) is 4.29. The molecule has 1 fully saturated rings. The summed E-state index contributed by atoms with van der Waals surface area (Å²) in [6.45, 7) is 0.713. The highest BCUT2D eigenvalue weighted by molar-refractivity contribution is 5.95. The number of nitrogens with zero attached hydrogens (tertiary/aromatic N) is 3. The average Bonchev–Trinajstić information content (AvgIpc) is 3.20. The van der Waals surface area contributed by atoms with E-state index < -0.39 is 0 Å². The molecule has 0 bridgehead atoms. The van der Waals surface area contributed by atoms with Crippen molar-refractivity contribution in [2.24, 2.45) is 0 Å². The first-order valence-corrected chi connectivity index (χ1v) is 8.34. The molecule has 1 aliphatic heterocycles. The maximum atomic E-state index is 12.6. The predicted molar refractivity (Wildman–Crippen MR) is 93.6 cm³/mol. The second kappa shape index (κ2) is 7.74. The van der Waals surface area contributed by atoms with Crippen LogP contribution in [0.1, 0.15) is 47.1 Å². The molecule has 7 nitrogen and oxygen atoms in total. The van der Waals surface area contributed by atoms with Crippen molar-refractivity contribution in [3.8, 4) is 0 Å². The van der Waals surface area contributed by atoms with E-state index in [-0.39, 0.29) is 17.9 Å². The number of piperidine rings is 1. The highest BCUT2D eigenvalue weighted by Gasteiger charge is 2.28. The van der Waals surface area contributed by atoms with Crippen molar-refractivity contribution in [1.82, 2.24) is 25.2 Å². The van der Waals surface area contributed by atoms with Gasteiger partial charge in [-0.05, 0) is 37.0 Å². The number of nitrogens with one attached hydrogen (secondary N) is 2. The summed E-state index contributed by atoms with van der Waals surface area (Å²) in [4.78, 5) is 37.6. The van der Waals surface area contributed by atoms with Gasteiger partial charge in [-0.3, -0.25) is 14.6 Å². The molecule has 1 saturated heterocycles. The monoisotopic (exact) mass is 339 g/mol. The smallest absolute Gasteiger partial charge is 0.252 e. The van der Waals surface area contributed by atoms with Gasteiger partial charge in [-0.1, -0.05) is 0 Å². The number of H-pyrrole nitrogens is 1. The van der Waals surface area contributed by atoms with E-state index in [4.69, 9.17) is 0 Å². The van der Waals surface area contributed by atoms with Crippen molar-refractivity contribution in [3.63, 3.8) is 0 Å². The molecule has 3 rings (SSSR count). The summed E-state index contributed by atoms with van der Waals surface area (Å²) in [5.74, 6) is 0.555. The van der Waals surface area contributed by atoms with E-state index in [2.05, 4.69) is 20.3 Å². The van der Waals surface area contributed by atoms with E-state index in [0.29, 0.717) is 17.7 Å². The third-order valence-electron chi connectivity index (χ3n) is 4.29. The first kappa shape index (κ1) is 16.9. The summed E-state index contributed by atoms with van der Waals surface area (Å²) in [6, 6.07) is 1.69. The van der Waals surface area contributed by atoms with Gasteiger partial charge in [0.2, 0.25) is 5.91 Å². The number of rotatable bonds is 4. The lowest BCUT2D eigenvalue weighted by atomic mass is 10.0. The fourth-order valence-corrected chi connectivity index (χ4v) is 3.02. The van der Waals surface area contributed by atoms with E-state index in [0.717, 1.165) is 25.1 Å². The minimum atomic E-state index is -0.206. The molecule has 2 N–H and O–H groups in total. The lowest BCUT2D eigenvalue weighted by Gasteiger charge is -2.33. The number of aromatic nitrogens is 3. The molecule has 0 aliphatic carbocycles. The molecule has 3 heterocycles. The molecule has 130 valence electrons. The Bertz CT molecular complexity index is 770. The Kier molecular flexibility index (Phi) is 5.23. The Hall–Kier alpha value is -2.96. The van der Waals surface area contributed by atoms with E-state index in [9.17, 15) is 9.59 Å². The fourth-order valence-electron chi connectivity index (χ4n) is 3.02. The van der Waals surface area contributed by atoms with Gasteiger partial charge in [-0.2, -0.15) is 0 Å². The summed E-state index contributed by atoms with van der Waals surface area (Å²) < 4.78 is 0. The van der Waals surface area contributed by atoms with Crippen LogP contribution in [-0.2, 0) is 4.79 Å². The van der Waals surface area contributed by atoms with Crippen molar-refractivity contribution >= 4 is 17.9 Å². The van der Waals surface area contributed by atoms with Crippen LogP contribution in [0.15, 0.2) is 36.9 Å². The van der Waals surface area contributed by atoms with Gasteiger partial charge in [0.1, 0.15) is 5.82 Å². The maximum Gasteiger partial charge on any atom is 0.252 e. The number of imidazole rings is 1. The molecular weight excluding hydrogens is 318 g/mol. The van der Waals surface area contributed by atoms with Crippen LogP contribution in [0.5, 0.6) is 0 Å². The number of aromatic amines is 1. The molecule has 2 aromatic rings. The number of pyridine rings is 1. The lowest BCUT2D eigenvalue weighted by Crippen LogP contribution is -2.38. The lowest BCUT2D eigenvalue weighted by molar-refractivity contribution is -0.129. The Labute approximate surface area is 146 Å². The molecule has 0 saturated carbocycles. The Morgan fingerprint density at radius 2 is 2.24 bits per heavy atom. The van der Waals surface area contributed by atoms with Crippen molar-refractivity contribution < 1.29 is 9.59 Å². The molecule has 2 amide bonds. The first-order chi connectivity index (χ1) is 12.2. The topological polar surface area (TPSA) is 91.0 Å².